The van der Waals surface area contributed by atoms with Crippen LogP contribution in [0.3, 0.4) is 0 Å². The molecule has 0 fully saturated rings. The number of carbonyl (C=O) groups is 2. The number of nitrogens with one attached hydrogen (secondary N) is 3. The van der Waals surface area contributed by atoms with Gasteiger partial charge in [-0.25, -0.2) is 0 Å². The van der Waals surface area contributed by atoms with E-state index in [2.05, 4.69) is 16.0 Å². The first kappa shape index (κ1) is 20.4. The van der Waals surface area contributed by atoms with E-state index in [0.717, 1.165) is 6.42 Å². The average molecular weight is 385 g/mol. The molecule has 0 aliphatic carbocycles. The lowest BCUT2D eigenvalue weighted by Crippen LogP contribution is -2.32. The highest BCUT2D eigenvalue weighted by molar-refractivity contribution is 7.80. The van der Waals surface area contributed by atoms with Crippen molar-refractivity contribution in [2.24, 2.45) is 0 Å². The molecule has 0 aliphatic heterocycles. The molecule has 7 heteroatoms. The van der Waals surface area contributed by atoms with Crippen molar-refractivity contribution < 1.29 is 14.3 Å². The van der Waals surface area contributed by atoms with Gasteiger partial charge in [0, 0.05) is 23.9 Å². The number of benzene rings is 2. The Morgan fingerprint density at radius 1 is 1.07 bits per heavy atom. The number of hydrogen-bond donors (Lipinski definition) is 3. The summed E-state index contributed by atoms with van der Waals surface area (Å²) in [6.45, 7) is 5.41. The number of ether oxygens (including phenoxy) is 1. The molecule has 0 bridgehead atoms. The van der Waals surface area contributed by atoms with E-state index in [9.17, 15) is 9.59 Å². The molecule has 0 saturated carbocycles. The third-order valence-corrected chi connectivity index (χ3v) is 3.90. The molecule has 0 saturated heterocycles. The first-order valence-electron chi connectivity index (χ1n) is 8.64. The van der Waals surface area contributed by atoms with Crippen molar-refractivity contribution in [3.63, 3.8) is 0 Å². The fourth-order valence-corrected chi connectivity index (χ4v) is 2.45. The van der Waals surface area contributed by atoms with Gasteiger partial charge in [0.25, 0.3) is 5.91 Å². The minimum absolute atomic E-state index is 0.0897. The van der Waals surface area contributed by atoms with Crippen LogP contribution in [-0.2, 0) is 4.79 Å². The molecular formula is C20H23N3O3S. The zero-order chi connectivity index (χ0) is 19.8. The van der Waals surface area contributed by atoms with Crippen LogP contribution in [-0.4, -0.2) is 23.0 Å². The van der Waals surface area contributed by atoms with Crippen LogP contribution in [0.4, 0.5) is 11.4 Å². The van der Waals surface area contributed by atoms with Gasteiger partial charge in [-0.3, -0.25) is 9.59 Å². The lowest BCUT2D eigenvalue weighted by atomic mass is 10.2. The van der Waals surface area contributed by atoms with Crippen molar-refractivity contribution in [2.45, 2.75) is 33.3 Å². The van der Waals surface area contributed by atoms with Crippen molar-refractivity contribution in [3.05, 3.63) is 54.1 Å². The Morgan fingerprint density at radius 3 is 2.30 bits per heavy atom. The van der Waals surface area contributed by atoms with E-state index in [1.54, 1.807) is 42.5 Å². The first-order chi connectivity index (χ1) is 12.9. The fraction of sp³-hybridized carbons (Fsp3) is 0.250. The molecule has 1 unspecified atom stereocenters. The summed E-state index contributed by atoms with van der Waals surface area (Å²) in [5.41, 5.74) is 1.87. The van der Waals surface area contributed by atoms with Gasteiger partial charge >= 0.3 is 0 Å². The Hall–Kier alpha value is -2.93. The highest BCUT2D eigenvalue weighted by atomic mass is 32.1. The maximum atomic E-state index is 12.5. The van der Waals surface area contributed by atoms with E-state index < -0.39 is 0 Å². The van der Waals surface area contributed by atoms with E-state index in [4.69, 9.17) is 17.0 Å². The van der Waals surface area contributed by atoms with Crippen molar-refractivity contribution in [3.8, 4) is 5.75 Å². The van der Waals surface area contributed by atoms with Crippen molar-refractivity contribution >= 4 is 40.5 Å². The summed E-state index contributed by atoms with van der Waals surface area (Å²) in [5, 5.41) is 8.43. The molecule has 3 N–H and O–H groups in total. The van der Waals surface area contributed by atoms with Gasteiger partial charge in [0.05, 0.1) is 6.10 Å². The van der Waals surface area contributed by atoms with Gasteiger partial charge in [0.15, 0.2) is 5.11 Å². The second-order valence-corrected chi connectivity index (χ2v) is 6.44. The largest absolute Gasteiger partial charge is 0.491 e. The minimum atomic E-state index is -0.240. The molecule has 2 rings (SSSR count). The molecule has 6 nitrogen and oxygen atoms in total. The van der Waals surface area contributed by atoms with Gasteiger partial charge in [0.2, 0.25) is 5.91 Å². The van der Waals surface area contributed by atoms with Crippen LogP contribution < -0.4 is 20.7 Å². The van der Waals surface area contributed by atoms with Gasteiger partial charge in [-0.05, 0) is 68.0 Å². The first-order valence-corrected chi connectivity index (χ1v) is 9.05. The summed E-state index contributed by atoms with van der Waals surface area (Å²) < 4.78 is 5.75. The van der Waals surface area contributed by atoms with Gasteiger partial charge in [0.1, 0.15) is 5.75 Å². The molecule has 0 spiro atoms. The Kier molecular flexibility index (Phi) is 7.31. The molecule has 2 aromatic rings. The minimum Gasteiger partial charge on any atom is -0.491 e. The lowest BCUT2D eigenvalue weighted by Gasteiger charge is -2.13. The number of rotatable bonds is 6. The van der Waals surface area contributed by atoms with Crippen LogP contribution in [0.5, 0.6) is 5.75 Å². The second kappa shape index (κ2) is 9.68. The van der Waals surface area contributed by atoms with E-state index in [0.29, 0.717) is 22.7 Å². The molecule has 2 amide bonds. The quantitative estimate of drug-likeness (QED) is 0.656. The fourth-order valence-electron chi connectivity index (χ4n) is 2.19. The highest BCUT2D eigenvalue weighted by Gasteiger charge is 2.09. The number of hydrogen-bond acceptors (Lipinski definition) is 4. The molecule has 0 heterocycles. The normalized spacial score (nSPS) is 11.2. The average Bonchev–Trinajstić information content (AvgIpc) is 2.62. The third kappa shape index (κ3) is 6.71. The van der Waals surface area contributed by atoms with Crippen LogP contribution >= 0.6 is 12.2 Å². The van der Waals surface area contributed by atoms with Gasteiger partial charge < -0.3 is 20.7 Å². The van der Waals surface area contributed by atoms with Crippen molar-refractivity contribution in [2.75, 3.05) is 10.6 Å². The molecular weight excluding hydrogens is 362 g/mol. The van der Waals surface area contributed by atoms with E-state index in [-0.39, 0.29) is 23.0 Å². The van der Waals surface area contributed by atoms with Crippen LogP contribution in [0.25, 0.3) is 0 Å². The topological polar surface area (TPSA) is 79.5 Å². The SMILES string of the molecule is CCC(C)Oc1cccc(C(=O)Nc2ccc(NC(=S)NC(C)=O)cc2)c1. The standard InChI is InChI=1S/C20H23N3O3S/c1-4-13(2)26-18-7-5-6-15(12-18)19(25)22-16-8-10-17(11-9-16)23-20(27)21-14(3)24/h5-13H,4H2,1-3H3,(H,22,25)(H2,21,23,24,27). The monoisotopic (exact) mass is 385 g/mol. The van der Waals surface area contributed by atoms with E-state index >= 15 is 0 Å². The Bertz CT molecular complexity index is 821. The van der Waals surface area contributed by atoms with Crippen LogP contribution in [0.15, 0.2) is 48.5 Å². The molecule has 1 atom stereocenters. The number of thiocarbonyl (C=S) groups is 1. The van der Waals surface area contributed by atoms with Crippen molar-refractivity contribution in [1.29, 1.82) is 0 Å². The Labute approximate surface area is 164 Å². The lowest BCUT2D eigenvalue weighted by molar-refractivity contribution is -0.117. The number of carbonyl (C=O) groups excluding carboxylic acids is 2. The molecule has 0 aromatic heterocycles. The van der Waals surface area contributed by atoms with Gasteiger partial charge in [-0.1, -0.05) is 13.0 Å². The number of anilines is 2. The summed E-state index contributed by atoms with van der Waals surface area (Å²) in [6.07, 6.45) is 0.981. The third-order valence-electron chi connectivity index (χ3n) is 3.70. The molecule has 27 heavy (non-hydrogen) atoms. The summed E-state index contributed by atoms with van der Waals surface area (Å²) >= 11 is 5.00. The predicted octanol–water partition coefficient (Wildman–Crippen LogP) is 3.95. The summed E-state index contributed by atoms with van der Waals surface area (Å²) in [5.74, 6) is 0.207. The summed E-state index contributed by atoms with van der Waals surface area (Å²) in [7, 11) is 0. The molecule has 0 aliphatic rings. The van der Waals surface area contributed by atoms with E-state index in [1.807, 2.05) is 19.9 Å². The smallest absolute Gasteiger partial charge is 0.255 e. The molecule has 2 aromatic carbocycles. The van der Waals surface area contributed by atoms with Crippen LogP contribution in [0.2, 0.25) is 0 Å². The van der Waals surface area contributed by atoms with Crippen LogP contribution in [0.1, 0.15) is 37.6 Å². The zero-order valence-electron chi connectivity index (χ0n) is 15.5. The highest BCUT2D eigenvalue weighted by Crippen LogP contribution is 2.18. The Morgan fingerprint density at radius 2 is 1.70 bits per heavy atom. The molecule has 142 valence electrons. The maximum absolute atomic E-state index is 12.5. The summed E-state index contributed by atoms with van der Waals surface area (Å²) in [4.78, 5) is 23.4. The zero-order valence-corrected chi connectivity index (χ0v) is 16.4. The maximum Gasteiger partial charge on any atom is 0.255 e. The van der Waals surface area contributed by atoms with Gasteiger partial charge in [-0.15, -0.1) is 0 Å². The van der Waals surface area contributed by atoms with Crippen molar-refractivity contribution in [1.82, 2.24) is 5.32 Å². The van der Waals surface area contributed by atoms with Gasteiger partial charge in [-0.2, -0.15) is 0 Å². The molecule has 0 radical (unpaired) electrons. The Balaban J connectivity index is 1.98. The predicted molar refractivity (Wildman–Crippen MR) is 111 cm³/mol. The second-order valence-electron chi connectivity index (χ2n) is 6.03. The van der Waals surface area contributed by atoms with E-state index in [1.165, 1.54) is 6.92 Å². The van der Waals surface area contributed by atoms with Crippen LogP contribution in [0, 0.1) is 0 Å². The summed E-state index contributed by atoms with van der Waals surface area (Å²) in [6, 6.07) is 14.1. The number of amides is 2.